The highest BCUT2D eigenvalue weighted by Crippen LogP contribution is 2.31. The van der Waals surface area contributed by atoms with Crippen LogP contribution < -0.4 is 0 Å². The average Bonchev–Trinajstić information content (AvgIpc) is 2.60. The smallest absolute Gasteiger partial charge is 0.178 e. The second-order valence-corrected chi connectivity index (χ2v) is 5.05. The van der Waals surface area contributed by atoms with Gasteiger partial charge in [-0.2, -0.15) is 0 Å². The molecule has 1 aliphatic rings. The monoisotopic (exact) mass is 209 g/mol. The number of nitrogens with zero attached hydrogens (tertiary/aromatic N) is 1. The molecule has 0 bridgehead atoms. The number of aldehydes is 1. The molecule has 1 aromatic heterocycles. The second kappa shape index (κ2) is 4.22. The number of carbonyl (C=O) groups excluding carboxylic acids is 1. The predicted molar refractivity (Wildman–Crippen MR) is 57.9 cm³/mol. The molecule has 14 heavy (non-hydrogen) atoms. The zero-order valence-corrected chi connectivity index (χ0v) is 9.27. The fourth-order valence-corrected chi connectivity index (χ4v) is 3.21. The van der Waals surface area contributed by atoms with Crippen LogP contribution in [0.15, 0.2) is 0 Å². The molecular weight excluding hydrogens is 194 g/mol. The van der Waals surface area contributed by atoms with E-state index >= 15 is 0 Å². The molecule has 0 radical (unpaired) electrons. The number of carbonyl (C=O) groups is 1. The van der Waals surface area contributed by atoms with Crippen LogP contribution in [0.4, 0.5) is 0 Å². The summed E-state index contributed by atoms with van der Waals surface area (Å²) in [5.74, 6) is 0.826. The summed E-state index contributed by atoms with van der Waals surface area (Å²) >= 11 is 1.59. The van der Waals surface area contributed by atoms with Gasteiger partial charge in [0.05, 0.1) is 5.69 Å². The standard InChI is InChI=1S/C11H15NOS/c1-2-3-8-4-5-9-10(6-8)14-11(7-13)12-9/h7-8H,2-6H2,1H3. The van der Waals surface area contributed by atoms with E-state index < -0.39 is 0 Å². The van der Waals surface area contributed by atoms with Gasteiger partial charge < -0.3 is 0 Å². The van der Waals surface area contributed by atoms with E-state index in [2.05, 4.69) is 11.9 Å². The summed E-state index contributed by atoms with van der Waals surface area (Å²) in [6, 6.07) is 0. The summed E-state index contributed by atoms with van der Waals surface area (Å²) in [6.45, 7) is 2.24. The minimum atomic E-state index is 0.659. The van der Waals surface area contributed by atoms with Gasteiger partial charge in [-0.3, -0.25) is 4.79 Å². The topological polar surface area (TPSA) is 30.0 Å². The van der Waals surface area contributed by atoms with E-state index in [1.165, 1.54) is 29.8 Å². The molecule has 76 valence electrons. The molecule has 0 amide bonds. The molecule has 2 rings (SSSR count). The van der Waals surface area contributed by atoms with Crippen molar-refractivity contribution in [1.82, 2.24) is 4.98 Å². The second-order valence-electron chi connectivity index (χ2n) is 3.94. The first-order chi connectivity index (χ1) is 6.83. The Hall–Kier alpha value is -0.700. The third kappa shape index (κ3) is 1.87. The van der Waals surface area contributed by atoms with E-state index in [-0.39, 0.29) is 0 Å². The van der Waals surface area contributed by atoms with Gasteiger partial charge in [0.2, 0.25) is 0 Å². The lowest BCUT2D eigenvalue weighted by Gasteiger charge is -2.20. The lowest BCUT2D eigenvalue weighted by atomic mass is 9.88. The van der Waals surface area contributed by atoms with Crippen LogP contribution >= 0.6 is 11.3 Å². The van der Waals surface area contributed by atoms with E-state index in [4.69, 9.17) is 0 Å². The van der Waals surface area contributed by atoms with Crippen molar-refractivity contribution in [2.75, 3.05) is 0 Å². The highest BCUT2D eigenvalue weighted by atomic mass is 32.1. The molecule has 0 N–H and O–H groups in total. The summed E-state index contributed by atoms with van der Waals surface area (Å²) in [5.41, 5.74) is 1.18. The summed E-state index contributed by atoms with van der Waals surface area (Å²) in [5, 5.41) is 0.659. The Bertz CT molecular complexity index is 332. The normalized spacial score (nSPS) is 20.5. The van der Waals surface area contributed by atoms with Crippen molar-refractivity contribution < 1.29 is 4.79 Å². The zero-order valence-electron chi connectivity index (χ0n) is 8.45. The lowest BCUT2D eigenvalue weighted by Crippen LogP contribution is -2.12. The highest BCUT2D eigenvalue weighted by molar-refractivity contribution is 7.13. The van der Waals surface area contributed by atoms with Gasteiger partial charge in [0.15, 0.2) is 11.3 Å². The Morgan fingerprint density at radius 1 is 1.64 bits per heavy atom. The number of hydrogen-bond acceptors (Lipinski definition) is 3. The molecule has 1 aromatic rings. The third-order valence-corrected chi connectivity index (χ3v) is 3.90. The summed E-state index contributed by atoms with van der Waals surface area (Å²) in [6.07, 6.45) is 6.92. The number of thiazole rings is 1. The molecule has 3 heteroatoms. The minimum Gasteiger partial charge on any atom is -0.295 e. The van der Waals surface area contributed by atoms with Crippen LogP contribution in [-0.2, 0) is 12.8 Å². The van der Waals surface area contributed by atoms with Gasteiger partial charge in [0.25, 0.3) is 0 Å². The SMILES string of the molecule is CCCC1CCc2nc(C=O)sc2C1. The van der Waals surface area contributed by atoms with Crippen molar-refractivity contribution in [3.63, 3.8) is 0 Å². The molecule has 1 atom stereocenters. The fraction of sp³-hybridized carbons (Fsp3) is 0.636. The molecule has 0 aromatic carbocycles. The van der Waals surface area contributed by atoms with Crippen molar-refractivity contribution in [1.29, 1.82) is 0 Å². The van der Waals surface area contributed by atoms with E-state index in [1.54, 1.807) is 11.3 Å². The number of aromatic nitrogens is 1. The van der Waals surface area contributed by atoms with Crippen LogP contribution in [0.1, 0.15) is 46.6 Å². The molecule has 1 aliphatic carbocycles. The first kappa shape index (κ1) is 9.84. The van der Waals surface area contributed by atoms with Gasteiger partial charge in [-0.15, -0.1) is 11.3 Å². The van der Waals surface area contributed by atoms with Crippen molar-refractivity contribution in [2.45, 2.75) is 39.0 Å². The Kier molecular flexibility index (Phi) is 2.96. The number of aryl methyl sites for hydroxylation is 1. The maximum atomic E-state index is 10.6. The van der Waals surface area contributed by atoms with Crippen molar-refractivity contribution in [2.24, 2.45) is 5.92 Å². The number of hydrogen-bond donors (Lipinski definition) is 0. The van der Waals surface area contributed by atoms with Crippen LogP contribution in [-0.4, -0.2) is 11.3 Å². The molecule has 1 unspecified atom stereocenters. The maximum absolute atomic E-state index is 10.6. The molecule has 1 heterocycles. The summed E-state index contributed by atoms with van der Waals surface area (Å²) < 4.78 is 0. The first-order valence-electron chi connectivity index (χ1n) is 5.27. The quantitative estimate of drug-likeness (QED) is 0.716. The Labute approximate surface area is 88.4 Å². The minimum absolute atomic E-state index is 0.659. The average molecular weight is 209 g/mol. The molecule has 0 fully saturated rings. The Balaban J connectivity index is 2.13. The molecule has 0 aliphatic heterocycles. The van der Waals surface area contributed by atoms with Gasteiger partial charge in [-0.1, -0.05) is 19.8 Å². The van der Waals surface area contributed by atoms with Crippen LogP contribution in [0.3, 0.4) is 0 Å². The number of fused-ring (bicyclic) bond motifs is 1. The largest absolute Gasteiger partial charge is 0.295 e. The van der Waals surface area contributed by atoms with E-state index in [0.717, 1.165) is 25.0 Å². The predicted octanol–water partition coefficient (Wildman–Crippen LogP) is 2.86. The van der Waals surface area contributed by atoms with Crippen LogP contribution in [0, 0.1) is 5.92 Å². The van der Waals surface area contributed by atoms with Crippen LogP contribution in [0.25, 0.3) is 0 Å². The van der Waals surface area contributed by atoms with Crippen molar-refractivity contribution >= 4 is 17.6 Å². The molecular formula is C11H15NOS. The third-order valence-electron chi connectivity index (χ3n) is 2.86. The van der Waals surface area contributed by atoms with E-state index in [9.17, 15) is 4.79 Å². The lowest BCUT2D eigenvalue weighted by molar-refractivity contribution is 0.112. The fourth-order valence-electron chi connectivity index (χ4n) is 2.17. The first-order valence-corrected chi connectivity index (χ1v) is 6.09. The van der Waals surface area contributed by atoms with Crippen LogP contribution in [0.2, 0.25) is 0 Å². The van der Waals surface area contributed by atoms with Crippen LogP contribution in [0.5, 0.6) is 0 Å². The summed E-state index contributed by atoms with van der Waals surface area (Å²) in [4.78, 5) is 16.3. The molecule has 0 saturated carbocycles. The Morgan fingerprint density at radius 3 is 3.21 bits per heavy atom. The van der Waals surface area contributed by atoms with E-state index in [0.29, 0.717) is 5.01 Å². The van der Waals surface area contributed by atoms with Gasteiger partial charge in [0.1, 0.15) is 0 Å². The molecule has 0 spiro atoms. The number of rotatable bonds is 3. The highest BCUT2D eigenvalue weighted by Gasteiger charge is 2.21. The van der Waals surface area contributed by atoms with E-state index in [1.807, 2.05) is 0 Å². The zero-order chi connectivity index (χ0) is 9.97. The van der Waals surface area contributed by atoms with Gasteiger partial charge in [0, 0.05) is 4.88 Å². The summed E-state index contributed by atoms with van der Waals surface area (Å²) in [7, 11) is 0. The maximum Gasteiger partial charge on any atom is 0.178 e. The molecule has 2 nitrogen and oxygen atoms in total. The van der Waals surface area contributed by atoms with Gasteiger partial charge in [-0.05, 0) is 25.2 Å². The van der Waals surface area contributed by atoms with Gasteiger partial charge >= 0.3 is 0 Å². The Morgan fingerprint density at radius 2 is 2.50 bits per heavy atom. The van der Waals surface area contributed by atoms with Crippen molar-refractivity contribution in [3.05, 3.63) is 15.6 Å². The van der Waals surface area contributed by atoms with Gasteiger partial charge in [-0.25, -0.2) is 4.98 Å². The van der Waals surface area contributed by atoms with Crippen molar-refractivity contribution in [3.8, 4) is 0 Å². The molecule has 0 saturated heterocycles.